The molecule has 128 valence electrons. The molecule has 3 aromatic rings. The summed E-state index contributed by atoms with van der Waals surface area (Å²) in [5, 5.41) is 2.23. The third kappa shape index (κ3) is 3.69. The standard InChI is InChI=1S/C22H24N2S/c1-18-12-15-25-21(18)22-23(16-19-8-4-2-5-9-19)13-14-24(22)17-20-10-6-3-7-11-20/h2-12,15,22H,13-14,16-17H2,1H3. The molecule has 0 aliphatic carbocycles. The predicted molar refractivity (Wildman–Crippen MR) is 106 cm³/mol. The largest absolute Gasteiger partial charge is 0.278 e. The minimum absolute atomic E-state index is 0.375. The van der Waals surface area contributed by atoms with E-state index in [1.807, 2.05) is 11.3 Å². The summed E-state index contributed by atoms with van der Waals surface area (Å²) < 4.78 is 0. The highest BCUT2D eigenvalue weighted by atomic mass is 32.1. The van der Waals surface area contributed by atoms with Crippen molar-refractivity contribution in [3.8, 4) is 0 Å². The molecule has 0 saturated carbocycles. The molecule has 1 aliphatic heterocycles. The summed E-state index contributed by atoms with van der Waals surface area (Å²) in [5.74, 6) is 0. The fourth-order valence-electron chi connectivity index (χ4n) is 3.68. The van der Waals surface area contributed by atoms with Crippen molar-refractivity contribution in [1.29, 1.82) is 0 Å². The van der Waals surface area contributed by atoms with E-state index in [-0.39, 0.29) is 0 Å². The van der Waals surface area contributed by atoms with Gasteiger partial charge in [-0.2, -0.15) is 0 Å². The highest BCUT2D eigenvalue weighted by Gasteiger charge is 2.34. The van der Waals surface area contributed by atoms with Crippen molar-refractivity contribution in [2.24, 2.45) is 0 Å². The van der Waals surface area contributed by atoms with Crippen molar-refractivity contribution >= 4 is 11.3 Å². The van der Waals surface area contributed by atoms with Gasteiger partial charge in [-0.15, -0.1) is 11.3 Å². The van der Waals surface area contributed by atoms with Crippen molar-refractivity contribution in [3.63, 3.8) is 0 Å². The Balaban J connectivity index is 1.60. The Morgan fingerprint density at radius 3 is 1.76 bits per heavy atom. The molecule has 2 nitrogen and oxygen atoms in total. The molecule has 1 fully saturated rings. The molecule has 0 N–H and O–H groups in total. The lowest BCUT2D eigenvalue weighted by Gasteiger charge is -2.30. The summed E-state index contributed by atoms with van der Waals surface area (Å²) in [6, 6.07) is 23.9. The van der Waals surface area contributed by atoms with Crippen LogP contribution < -0.4 is 0 Å². The van der Waals surface area contributed by atoms with E-state index in [1.165, 1.54) is 21.6 Å². The van der Waals surface area contributed by atoms with E-state index in [1.54, 1.807) is 0 Å². The molecule has 1 aliphatic rings. The van der Waals surface area contributed by atoms with Gasteiger partial charge in [-0.3, -0.25) is 9.80 Å². The lowest BCUT2D eigenvalue weighted by molar-refractivity contribution is 0.128. The SMILES string of the molecule is Cc1ccsc1C1N(Cc2ccccc2)CCN1Cc1ccccc1. The lowest BCUT2D eigenvalue weighted by Crippen LogP contribution is -2.30. The number of hydrogen-bond acceptors (Lipinski definition) is 3. The third-order valence-electron chi connectivity index (χ3n) is 4.96. The van der Waals surface area contributed by atoms with E-state index in [2.05, 4.69) is 88.8 Å². The Morgan fingerprint density at radius 1 is 0.800 bits per heavy atom. The second-order valence-electron chi connectivity index (χ2n) is 6.75. The minimum Gasteiger partial charge on any atom is -0.278 e. The molecule has 0 amide bonds. The average molecular weight is 349 g/mol. The lowest BCUT2D eigenvalue weighted by atomic mass is 10.1. The molecule has 0 spiro atoms. The summed E-state index contributed by atoms with van der Waals surface area (Å²) in [7, 11) is 0. The van der Waals surface area contributed by atoms with Gasteiger partial charge in [-0.1, -0.05) is 60.7 Å². The third-order valence-corrected chi connectivity index (χ3v) is 6.02. The summed E-state index contributed by atoms with van der Waals surface area (Å²) in [6.45, 7) is 6.49. The van der Waals surface area contributed by atoms with Crippen LogP contribution in [-0.2, 0) is 13.1 Å². The van der Waals surface area contributed by atoms with Gasteiger partial charge in [-0.05, 0) is 35.1 Å². The Labute approximate surface area is 154 Å². The van der Waals surface area contributed by atoms with Gasteiger partial charge in [-0.25, -0.2) is 0 Å². The van der Waals surface area contributed by atoms with E-state index in [0.717, 1.165) is 26.2 Å². The molecule has 2 heterocycles. The van der Waals surface area contributed by atoms with Crippen LogP contribution in [0.1, 0.15) is 27.7 Å². The van der Waals surface area contributed by atoms with Crippen LogP contribution in [0, 0.1) is 6.92 Å². The molecule has 0 bridgehead atoms. The molecular formula is C22H24N2S. The van der Waals surface area contributed by atoms with Crippen LogP contribution in [0.3, 0.4) is 0 Å². The van der Waals surface area contributed by atoms with Gasteiger partial charge >= 0.3 is 0 Å². The first-order valence-corrected chi connectivity index (χ1v) is 9.79. The molecule has 3 heteroatoms. The number of hydrogen-bond donors (Lipinski definition) is 0. The first-order valence-electron chi connectivity index (χ1n) is 8.91. The highest BCUT2D eigenvalue weighted by molar-refractivity contribution is 7.10. The molecule has 4 rings (SSSR count). The zero-order valence-electron chi connectivity index (χ0n) is 14.6. The summed E-state index contributed by atoms with van der Waals surface area (Å²) >= 11 is 1.89. The number of thiophene rings is 1. The van der Waals surface area contributed by atoms with Crippen molar-refractivity contribution in [2.75, 3.05) is 13.1 Å². The van der Waals surface area contributed by atoms with Crippen molar-refractivity contribution in [3.05, 3.63) is 93.7 Å². The first-order chi connectivity index (χ1) is 12.3. The summed E-state index contributed by atoms with van der Waals surface area (Å²) in [5.41, 5.74) is 4.19. The topological polar surface area (TPSA) is 6.48 Å². The van der Waals surface area contributed by atoms with E-state index < -0.39 is 0 Å². The van der Waals surface area contributed by atoms with Crippen molar-refractivity contribution in [2.45, 2.75) is 26.2 Å². The van der Waals surface area contributed by atoms with E-state index >= 15 is 0 Å². The van der Waals surface area contributed by atoms with E-state index in [4.69, 9.17) is 0 Å². The molecule has 0 unspecified atom stereocenters. The Morgan fingerprint density at radius 2 is 1.32 bits per heavy atom. The van der Waals surface area contributed by atoms with Gasteiger partial charge in [0, 0.05) is 31.1 Å². The van der Waals surface area contributed by atoms with Crippen molar-refractivity contribution in [1.82, 2.24) is 9.80 Å². The first kappa shape index (κ1) is 16.5. The van der Waals surface area contributed by atoms with Gasteiger partial charge in [0.2, 0.25) is 0 Å². The number of rotatable bonds is 5. The molecule has 25 heavy (non-hydrogen) atoms. The summed E-state index contributed by atoms with van der Waals surface area (Å²) in [6.07, 6.45) is 0.375. The second kappa shape index (κ2) is 7.52. The van der Waals surface area contributed by atoms with E-state index in [9.17, 15) is 0 Å². The molecule has 1 saturated heterocycles. The molecule has 1 aromatic heterocycles. The van der Waals surface area contributed by atoms with Gasteiger partial charge < -0.3 is 0 Å². The fraction of sp³-hybridized carbons (Fsp3) is 0.273. The van der Waals surface area contributed by atoms with Crippen LogP contribution in [0.5, 0.6) is 0 Å². The Hall–Kier alpha value is -1.94. The molecule has 0 atom stereocenters. The average Bonchev–Trinajstić information content (AvgIpc) is 3.23. The quantitative estimate of drug-likeness (QED) is 0.635. The number of nitrogens with zero attached hydrogens (tertiary/aromatic N) is 2. The van der Waals surface area contributed by atoms with Crippen LogP contribution in [0.25, 0.3) is 0 Å². The smallest absolute Gasteiger partial charge is 0.0990 e. The zero-order valence-corrected chi connectivity index (χ0v) is 15.5. The van der Waals surface area contributed by atoms with Gasteiger partial charge in [0.25, 0.3) is 0 Å². The maximum Gasteiger partial charge on any atom is 0.0990 e. The second-order valence-corrected chi connectivity index (χ2v) is 7.70. The number of benzene rings is 2. The minimum atomic E-state index is 0.375. The predicted octanol–water partition coefficient (Wildman–Crippen LogP) is 5.07. The van der Waals surface area contributed by atoms with Crippen LogP contribution in [0.4, 0.5) is 0 Å². The van der Waals surface area contributed by atoms with Crippen LogP contribution in [-0.4, -0.2) is 22.9 Å². The zero-order chi connectivity index (χ0) is 17.1. The van der Waals surface area contributed by atoms with Gasteiger partial charge in [0.15, 0.2) is 0 Å². The van der Waals surface area contributed by atoms with Gasteiger partial charge in [0.05, 0.1) is 6.17 Å². The Kier molecular flexibility index (Phi) is 4.97. The summed E-state index contributed by atoms with van der Waals surface area (Å²) in [4.78, 5) is 6.73. The molecule has 0 radical (unpaired) electrons. The van der Waals surface area contributed by atoms with Crippen LogP contribution >= 0.6 is 11.3 Å². The molecule has 2 aromatic carbocycles. The highest BCUT2D eigenvalue weighted by Crippen LogP contribution is 2.37. The van der Waals surface area contributed by atoms with Crippen molar-refractivity contribution < 1.29 is 0 Å². The maximum absolute atomic E-state index is 2.62. The maximum atomic E-state index is 2.62. The monoisotopic (exact) mass is 348 g/mol. The number of aryl methyl sites for hydroxylation is 1. The Bertz CT molecular complexity index is 748. The fourth-order valence-corrected chi connectivity index (χ4v) is 4.77. The van der Waals surface area contributed by atoms with Gasteiger partial charge in [0.1, 0.15) is 0 Å². The molecular weight excluding hydrogens is 324 g/mol. The van der Waals surface area contributed by atoms with E-state index in [0.29, 0.717) is 6.17 Å². The van der Waals surface area contributed by atoms with Crippen LogP contribution in [0.15, 0.2) is 72.1 Å². The van der Waals surface area contributed by atoms with Crippen LogP contribution in [0.2, 0.25) is 0 Å². The normalized spacial score (nSPS) is 16.5.